The van der Waals surface area contributed by atoms with Crippen molar-refractivity contribution in [3.63, 3.8) is 0 Å². The summed E-state index contributed by atoms with van der Waals surface area (Å²) in [5.41, 5.74) is 6.21. The smallest absolute Gasteiger partial charge is 0.387 e. The zero-order chi connectivity index (χ0) is 22.8. The Labute approximate surface area is 189 Å². The van der Waals surface area contributed by atoms with Gasteiger partial charge in [0, 0.05) is 23.0 Å². The molecule has 1 aliphatic carbocycles. The van der Waals surface area contributed by atoms with Crippen LogP contribution in [0.15, 0.2) is 79.0 Å². The number of nitrogens with zero attached hydrogens (tertiary/aromatic N) is 2. The van der Waals surface area contributed by atoms with E-state index in [1.807, 2.05) is 42.5 Å². The number of benzene rings is 3. The lowest BCUT2D eigenvalue weighted by atomic mass is 10.0. The Hall–Kier alpha value is -4.00. The number of hydrogen-bond acceptors (Lipinski definition) is 3. The molecule has 166 valence electrons. The summed E-state index contributed by atoms with van der Waals surface area (Å²) < 4.78 is 30.7. The van der Waals surface area contributed by atoms with Gasteiger partial charge in [0.1, 0.15) is 11.4 Å². The van der Waals surface area contributed by atoms with E-state index in [-0.39, 0.29) is 11.8 Å². The zero-order valence-corrected chi connectivity index (χ0v) is 17.7. The highest BCUT2D eigenvalue weighted by atomic mass is 19.3. The lowest BCUT2D eigenvalue weighted by Gasteiger charge is -2.07. The summed E-state index contributed by atoms with van der Waals surface area (Å²) >= 11 is 0. The molecule has 1 aliphatic rings. The molecule has 1 amide bonds. The molecule has 33 heavy (non-hydrogen) atoms. The van der Waals surface area contributed by atoms with E-state index in [2.05, 4.69) is 21.2 Å². The van der Waals surface area contributed by atoms with Crippen LogP contribution in [0.2, 0.25) is 0 Å². The molecule has 7 heteroatoms. The molecule has 0 aliphatic heterocycles. The fourth-order valence-electron chi connectivity index (χ4n) is 4.14. The number of carbonyl (C=O) groups excluding carboxylic acids is 1. The average Bonchev–Trinajstić information content (AvgIpc) is 3.47. The van der Waals surface area contributed by atoms with Gasteiger partial charge >= 0.3 is 12.6 Å². The molecular weight excluding hydrogens is 424 g/mol. The van der Waals surface area contributed by atoms with E-state index in [4.69, 9.17) is 0 Å². The fraction of sp³-hybridized carbons (Fsp3) is 0.154. The number of ether oxygens (including phenoxy) is 1. The zero-order valence-electron chi connectivity index (χ0n) is 17.7. The molecular formula is C26H21F2N3O2. The van der Waals surface area contributed by atoms with Crippen molar-refractivity contribution in [1.29, 1.82) is 0 Å². The topological polar surface area (TPSA) is 56.2 Å². The van der Waals surface area contributed by atoms with Crippen LogP contribution in [0.25, 0.3) is 22.4 Å². The maximum Gasteiger partial charge on any atom is 0.387 e. The van der Waals surface area contributed by atoms with Crippen LogP contribution < -0.4 is 10.1 Å². The second-order valence-electron chi connectivity index (χ2n) is 7.87. The van der Waals surface area contributed by atoms with Crippen molar-refractivity contribution in [1.82, 2.24) is 9.78 Å². The average molecular weight is 445 g/mol. The molecule has 3 aromatic carbocycles. The third-order valence-corrected chi connectivity index (χ3v) is 5.71. The molecule has 0 radical (unpaired) electrons. The predicted octanol–water partition coefficient (Wildman–Crippen LogP) is 6.39. The first kappa shape index (κ1) is 20.9. The van der Waals surface area contributed by atoms with Gasteiger partial charge in [-0.25, -0.2) is 4.79 Å². The number of nitrogens with one attached hydrogen (secondary N) is 1. The molecule has 0 saturated carbocycles. The van der Waals surface area contributed by atoms with Crippen LogP contribution >= 0.6 is 0 Å². The summed E-state index contributed by atoms with van der Waals surface area (Å²) in [7, 11) is 0. The second-order valence-corrected chi connectivity index (χ2v) is 7.87. The molecule has 0 atom stereocenters. The van der Waals surface area contributed by atoms with Crippen molar-refractivity contribution in [2.24, 2.45) is 0 Å². The van der Waals surface area contributed by atoms with E-state index in [0.717, 1.165) is 36.1 Å². The van der Waals surface area contributed by atoms with E-state index in [0.29, 0.717) is 11.3 Å². The molecule has 4 aromatic rings. The van der Waals surface area contributed by atoms with E-state index in [1.54, 1.807) is 18.3 Å². The normalized spacial score (nSPS) is 12.6. The number of aromatic nitrogens is 2. The number of alkyl halides is 2. The van der Waals surface area contributed by atoms with Gasteiger partial charge in [0.2, 0.25) is 0 Å². The second kappa shape index (κ2) is 8.86. The Bertz CT molecular complexity index is 1280. The maximum atomic E-state index is 13.0. The minimum atomic E-state index is -2.89. The van der Waals surface area contributed by atoms with Gasteiger partial charge in [-0.2, -0.15) is 18.6 Å². The summed E-state index contributed by atoms with van der Waals surface area (Å²) in [6, 6.07) is 21.4. The standard InChI is InChI=1S/C26H21F2N3O2/c27-25(28)33-22-13-10-19(11-14-22)24-23(18-5-2-1-3-6-18)16-31(30-24)26(32)29-21-12-9-17-7-4-8-20(17)15-21/h1-3,5-6,9-16,25H,4,7-8H2,(H,29,32). The van der Waals surface area contributed by atoms with E-state index in [1.165, 1.54) is 27.9 Å². The van der Waals surface area contributed by atoms with Crippen LogP contribution in [0, 0.1) is 0 Å². The van der Waals surface area contributed by atoms with Gasteiger partial charge in [0.25, 0.3) is 0 Å². The summed E-state index contributed by atoms with van der Waals surface area (Å²) in [6.45, 7) is -2.89. The lowest BCUT2D eigenvalue weighted by Crippen LogP contribution is -2.20. The molecule has 5 nitrogen and oxygen atoms in total. The summed E-state index contributed by atoms with van der Waals surface area (Å²) in [5, 5.41) is 7.45. The van der Waals surface area contributed by atoms with Gasteiger partial charge in [0.05, 0.1) is 0 Å². The highest BCUT2D eigenvalue weighted by molar-refractivity contribution is 5.93. The van der Waals surface area contributed by atoms with Crippen LogP contribution in [-0.4, -0.2) is 22.4 Å². The van der Waals surface area contributed by atoms with Gasteiger partial charge in [-0.1, -0.05) is 36.4 Å². The van der Waals surface area contributed by atoms with Crippen molar-refractivity contribution in [2.45, 2.75) is 25.9 Å². The van der Waals surface area contributed by atoms with Crippen molar-refractivity contribution in [3.8, 4) is 28.1 Å². The Morgan fingerprint density at radius 2 is 1.70 bits per heavy atom. The van der Waals surface area contributed by atoms with E-state index in [9.17, 15) is 13.6 Å². The van der Waals surface area contributed by atoms with Crippen LogP contribution in [-0.2, 0) is 12.8 Å². The number of rotatable bonds is 5. The molecule has 0 saturated heterocycles. The monoisotopic (exact) mass is 445 g/mol. The number of amides is 1. The van der Waals surface area contributed by atoms with Gasteiger partial charge < -0.3 is 10.1 Å². The van der Waals surface area contributed by atoms with Crippen molar-refractivity contribution in [3.05, 3.63) is 90.1 Å². The van der Waals surface area contributed by atoms with Gasteiger partial charge in [0.15, 0.2) is 0 Å². The van der Waals surface area contributed by atoms with Gasteiger partial charge in [-0.05, 0) is 72.4 Å². The largest absolute Gasteiger partial charge is 0.435 e. The molecule has 0 spiro atoms. The Kier molecular flexibility index (Phi) is 5.60. The number of fused-ring (bicyclic) bond motifs is 1. The fourth-order valence-corrected chi connectivity index (χ4v) is 4.14. The SMILES string of the molecule is O=C(Nc1ccc2c(c1)CCC2)n1cc(-c2ccccc2)c(-c2ccc(OC(F)F)cc2)n1. The van der Waals surface area contributed by atoms with Crippen molar-refractivity contribution >= 4 is 11.7 Å². The number of anilines is 1. The molecule has 5 rings (SSSR count). The quantitative estimate of drug-likeness (QED) is 0.387. The molecule has 0 fully saturated rings. The van der Waals surface area contributed by atoms with Crippen LogP contribution in [0.4, 0.5) is 19.3 Å². The highest BCUT2D eigenvalue weighted by Crippen LogP contribution is 2.32. The first-order chi connectivity index (χ1) is 16.1. The Morgan fingerprint density at radius 3 is 2.45 bits per heavy atom. The van der Waals surface area contributed by atoms with E-state index >= 15 is 0 Å². The molecule has 1 heterocycles. The molecule has 0 unspecified atom stereocenters. The highest BCUT2D eigenvalue weighted by Gasteiger charge is 2.18. The predicted molar refractivity (Wildman–Crippen MR) is 123 cm³/mol. The van der Waals surface area contributed by atoms with Crippen molar-refractivity contribution < 1.29 is 18.3 Å². The summed E-state index contributed by atoms with van der Waals surface area (Å²) in [6.07, 6.45) is 4.91. The first-order valence-electron chi connectivity index (χ1n) is 10.7. The van der Waals surface area contributed by atoms with Gasteiger partial charge in [-0.3, -0.25) is 0 Å². The van der Waals surface area contributed by atoms with Crippen LogP contribution in [0.5, 0.6) is 5.75 Å². The van der Waals surface area contributed by atoms with E-state index < -0.39 is 6.61 Å². The third-order valence-electron chi connectivity index (χ3n) is 5.71. The first-order valence-corrected chi connectivity index (χ1v) is 10.7. The minimum absolute atomic E-state index is 0.0591. The lowest BCUT2D eigenvalue weighted by molar-refractivity contribution is -0.0498. The number of halogens is 2. The van der Waals surface area contributed by atoms with Crippen LogP contribution in [0.3, 0.4) is 0 Å². The number of aryl methyl sites for hydroxylation is 2. The Balaban J connectivity index is 1.47. The molecule has 1 aromatic heterocycles. The molecule has 1 N–H and O–H groups in total. The van der Waals surface area contributed by atoms with Crippen LogP contribution in [0.1, 0.15) is 17.5 Å². The number of hydrogen-bond donors (Lipinski definition) is 1. The van der Waals surface area contributed by atoms with Gasteiger partial charge in [-0.15, -0.1) is 0 Å². The Morgan fingerprint density at radius 1 is 0.939 bits per heavy atom. The molecule has 0 bridgehead atoms. The summed E-state index contributed by atoms with van der Waals surface area (Å²) in [4.78, 5) is 13.0. The summed E-state index contributed by atoms with van der Waals surface area (Å²) in [5.74, 6) is 0.0591. The van der Waals surface area contributed by atoms with Crippen molar-refractivity contribution in [2.75, 3.05) is 5.32 Å². The minimum Gasteiger partial charge on any atom is -0.435 e. The number of carbonyl (C=O) groups is 1. The maximum absolute atomic E-state index is 13.0. The third kappa shape index (κ3) is 4.48.